The van der Waals surface area contributed by atoms with Crippen LogP contribution in [0.4, 0.5) is 0 Å². The molecule has 0 bridgehead atoms. The van der Waals surface area contributed by atoms with Crippen LogP contribution in [0.15, 0.2) is 28.7 Å². The van der Waals surface area contributed by atoms with Crippen molar-refractivity contribution >= 4 is 15.9 Å². The van der Waals surface area contributed by atoms with E-state index in [0.717, 1.165) is 23.5 Å². The highest BCUT2D eigenvalue weighted by Gasteiger charge is 2.43. The summed E-state index contributed by atoms with van der Waals surface area (Å²) in [6.45, 7) is 4.06. The van der Waals surface area contributed by atoms with Crippen LogP contribution in [0.2, 0.25) is 0 Å². The first-order valence-electron chi connectivity index (χ1n) is 7.28. The third-order valence-corrected chi connectivity index (χ3v) is 5.39. The molecule has 0 aliphatic heterocycles. The summed E-state index contributed by atoms with van der Waals surface area (Å²) < 4.78 is 1.14. The molecule has 1 aliphatic carbocycles. The molecule has 2 atom stereocenters. The number of hydrogen-bond donors (Lipinski definition) is 1. The number of hydrogen-bond acceptors (Lipinski definition) is 2. The van der Waals surface area contributed by atoms with E-state index in [4.69, 9.17) is 5.73 Å². The number of halogens is 1. The fourth-order valence-corrected chi connectivity index (χ4v) is 3.92. The molecule has 0 aromatic heterocycles. The molecule has 2 rings (SSSR count). The predicted octanol–water partition coefficient (Wildman–Crippen LogP) is 3.79. The molecule has 0 saturated heterocycles. The monoisotopic (exact) mass is 324 g/mol. The summed E-state index contributed by atoms with van der Waals surface area (Å²) in [6.07, 6.45) is 5.13. The van der Waals surface area contributed by atoms with E-state index in [2.05, 4.69) is 59.1 Å². The van der Waals surface area contributed by atoms with Gasteiger partial charge in [-0.2, -0.15) is 0 Å². The molecule has 1 aromatic carbocycles. The summed E-state index contributed by atoms with van der Waals surface area (Å²) in [5.41, 5.74) is 7.74. The Hall–Kier alpha value is -0.380. The molecule has 106 valence electrons. The van der Waals surface area contributed by atoms with Crippen LogP contribution in [-0.2, 0) is 6.54 Å². The van der Waals surface area contributed by atoms with Crippen molar-refractivity contribution in [2.24, 2.45) is 11.7 Å². The lowest BCUT2D eigenvalue weighted by Crippen LogP contribution is -2.54. The van der Waals surface area contributed by atoms with E-state index in [0.29, 0.717) is 0 Å². The van der Waals surface area contributed by atoms with Gasteiger partial charge in [-0.05, 0) is 43.5 Å². The molecular formula is C16H25BrN2. The van der Waals surface area contributed by atoms with Gasteiger partial charge in [0.1, 0.15) is 0 Å². The van der Waals surface area contributed by atoms with Crippen LogP contribution >= 0.6 is 15.9 Å². The molecule has 0 heterocycles. The fourth-order valence-electron chi connectivity index (χ4n) is 3.66. The second kappa shape index (κ2) is 6.38. The molecule has 2 N–H and O–H groups in total. The molecule has 0 amide bonds. The van der Waals surface area contributed by atoms with Crippen LogP contribution in [0.1, 0.15) is 38.2 Å². The topological polar surface area (TPSA) is 29.3 Å². The molecule has 1 aliphatic rings. The smallest absolute Gasteiger partial charge is 0.0360 e. The minimum atomic E-state index is 0.210. The van der Waals surface area contributed by atoms with Crippen molar-refractivity contribution in [2.45, 2.75) is 44.7 Å². The van der Waals surface area contributed by atoms with Gasteiger partial charge < -0.3 is 5.73 Å². The summed E-state index contributed by atoms with van der Waals surface area (Å²) >= 11 is 3.49. The van der Waals surface area contributed by atoms with Crippen molar-refractivity contribution in [1.82, 2.24) is 4.90 Å². The maximum Gasteiger partial charge on any atom is 0.0360 e. The normalized spacial score (nSPS) is 27.1. The van der Waals surface area contributed by atoms with E-state index < -0.39 is 0 Å². The van der Waals surface area contributed by atoms with Crippen LogP contribution in [0.5, 0.6) is 0 Å². The zero-order chi connectivity index (χ0) is 13.9. The maximum atomic E-state index is 6.16. The summed E-state index contributed by atoms with van der Waals surface area (Å²) in [4.78, 5) is 2.50. The Morgan fingerprint density at radius 3 is 2.63 bits per heavy atom. The van der Waals surface area contributed by atoms with Gasteiger partial charge in [0.15, 0.2) is 0 Å². The number of nitrogens with zero attached hydrogens (tertiary/aromatic N) is 1. The van der Waals surface area contributed by atoms with Crippen LogP contribution in [0.3, 0.4) is 0 Å². The highest BCUT2D eigenvalue weighted by atomic mass is 79.9. The molecule has 2 nitrogen and oxygen atoms in total. The van der Waals surface area contributed by atoms with Crippen molar-refractivity contribution < 1.29 is 0 Å². The summed E-state index contributed by atoms with van der Waals surface area (Å²) in [6, 6.07) is 8.62. The van der Waals surface area contributed by atoms with E-state index in [1.807, 2.05) is 0 Å². The molecule has 1 aromatic rings. The molecular weight excluding hydrogens is 300 g/mol. The average Bonchev–Trinajstić information content (AvgIpc) is 2.85. The van der Waals surface area contributed by atoms with Crippen LogP contribution < -0.4 is 5.73 Å². The van der Waals surface area contributed by atoms with Gasteiger partial charge in [0.05, 0.1) is 0 Å². The quantitative estimate of drug-likeness (QED) is 0.892. The van der Waals surface area contributed by atoms with E-state index in [1.165, 1.54) is 31.2 Å². The van der Waals surface area contributed by atoms with Crippen molar-refractivity contribution in [3.63, 3.8) is 0 Å². The van der Waals surface area contributed by atoms with Crippen molar-refractivity contribution in [2.75, 3.05) is 13.6 Å². The third-order valence-electron chi connectivity index (χ3n) is 4.86. The van der Waals surface area contributed by atoms with Gasteiger partial charge >= 0.3 is 0 Å². The number of rotatable bonds is 5. The fraction of sp³-hybridized carbons (Fsp3) is 0.625. The second-order valence-electron chi connectivity index (χ2n) is 5.79. The number of likely N-dealkylation sites (N-methyl/N-ethyl adjacent to an activating group) is 1. The van der Waals surface area contributed by atoms with Gasteiger partial charge in [0.25, 0.3) is 0 Å². The Bertz CT molecular complexity index is 404. The lowest BCUT2D eigenvalue weighted by molar-refractivity contribution is 0.0747. The predicted molar refractivity (Wildman–Crippen MR) is 85.0 cm³/mol. The lowest BCUT2D eigenvalue weighted by atomic mass is 9.83. The van der Waals surface area contributed by atoms with Crippen molar-refractivity contribution in [1.29, 1.82) is 0 Å². The molecule has 1 saturated carbocycles. The minimum absolute atomic E-state index is 0.210. The second-order valence-corrected chi connectivity index (χ2v) is 6.70. The molecule has 3 heteroatoms. The summed E-state index contributed by atoms with van der Waals surface area (Å²) in [7, 11) is 2.24. The Morgan fingerprint density at radius 1 is 1.37 bits per heavy atom. The van der Waals surface area contributed by atoms with Crippen molar-refractivity contribution in [3.05, 3.63) is 34.3 Å². The molecule has 19 heavy (non-hydrogen) atoms. The van der Waals surface area contributed by atoms with Crippen LogP contribution in [-0.4, -0.2) is 24.0 Å². The van der Waals surface area contributed by atoms with Crippen molar-refractivity contribution in [3.8, 4) is 0 Å². The first-order chi connectivity index (χ1) is 9.12. The zero-order valence-electron chi connectivity index (χ0n) is 12.0. The lowest BCUT2D eigenvalue weighted by Gasteiger charge is -2.43. The zero-order valence-corrected chi connectivity index (χ0v) is 13.6. The molecule has 2 unspecified atom stereocenters. The SMILES string of the molecule is CCC1CCCC1(CN)N(C)Cc1ccc(Br)cc1. The number of benzene rings is 1. The van der Waals surface area contributed by atoms with Crippen LogP contribution in [0, 0.1) is 5.92 Å². The highest BCUT2D eigenvalue weighted by Crippen LogP contribution is 2.41. The van der Waals surface area contributed by atoms with Gasteiger partial charge in [0, 0.05) is 23.1 Å². The van der Waals surface area contributed by atoms with Gasteiger partial charge in [-0.1, -0.05) is 47.8 Å². The Kier molecular flexibility index (Phi) is 5.04. The Balaban J connectivity index is 2.12. The molecule has 0 spiro atoms. The van der Waals surface area contributed by atoms with Crippen LogP contribution in [0.25, 0.3) is 0 Å². The Morgan fingerprint density at radius 2 is 2.05 bits per heavy atom. The average molecular weight is 325 g/mol. The largest absolute Gasteiger partial charge is 0.329 e. The van der Waals surface area contributed by atoms with E-state index in [-0.39, 0.29) is 5.54 Å². The van der Waals surface area contributed by atoms with Gasteiger partial charge in [-0.15, -0.1) is 0 Å². The van der Waals surface area contributed by atoms with Gasteiger partial charge in [0.2, 0.25) is 0 Å². The first kappa shape index (κ1) is 15.0. The molecule has 0 radical (unpaired) electrons. The van der Waals surface area contributed by atoms with Gasteiger partial charge in [-0.25, -0.2) is 0 Å². The third kappa shape index (κ3) is 3.04. The number of nitrogens with two attached hydrogens (primary N) is 1. The van der Waals surface area contributed by atoms with Gasteiger partial charge in [-0.3, -0.25) is 4.90 Å². The minimum Gasteiger partial charge on any atom is -0.329 e. The van der Waals surface area contributed by atoms with E-state index >= 15 is 0 Å². The standard InChI is InChI=1S/C16H25BrN2/c1-3-14-5-4-10-16(14,12-18)19(2)11-13-6-8-15(17)9-7-13/h6-9,14H,3-5,10-12,18H2,1-2H3. The maximum absolute atomic E-state index is 6.16. The molecule has 1 fully saturated rings. The van der Waals surface area contributed by atoms with E-state index in [1.54, 1.807) is 0 Å². The summed E-state index contributed by atoms with van der Waals surface area (Å²) in [5.74, 6) is 0.748. The Labute approximate surface area is 125 Å². The van der Waals surface area contributed by atoms with E-state index in [9.17, 15) is 0 Å². The highest BCUT2D eigenvalue weighted by molar-refractivity contribution is 9.10. The first-order valence-corrected chi connectivity index (χ1v) is 8.07. The summed E-state index contributed by atoms with van der Waals surface area (Å²) in [5, 5.41) is 0.